The summed E-state index contributed by atoms with van der Waals surface area (Å²) in [6, 6.07) is 13.5. The molecular weight excluding hydrogens is 476 g/mol. The third kappa shape index (κ3) is 5.31. The summed E-state index contributed by atoms with van der Waals surface area (Å²) in [5.41, 5.74) is 1.11. The minimum Gasteiger partial charge on any atom is -0.393 e. The summed E-state index contributed by atoms with van der Waals surface area (Å²) < 4.78 is 39.8. The predicted molar refractivity (Wildman–Crippen MR) is 135 cm³/mol. The van der Waals surface area contributed by atoms with E-state index in [4.69, 9.17) is 9.47 Å². The van der Waals surface area contributed by atoms with Gasteiger partial charge in [-0.3, -0.25) is 4.79 Å². The molecule has 5 nitrogen and oxygen atoms in total. The van der Waals surface area contributed by atoms with Crippen molar-refractivity contribution in [1.29, 1.82) is 0 Å². The van der Waals surface area contributed by atoms with Crippen LogP contribution in [0, 0.1) is 34.3 Å². The van der Waals surface area contributed by atoms with Crippen LogP contribution >= 0.6 is 0 Å². The van der Waals surface area contributed by atoms with Gasteiger partial charge in [-0.15, -0.1) is 0 Å². The smallest absolute Gasteiger partial charge is 0.220 e. The first kappa shape index (κ1) is 26.3. The predicted octanol–water partition coefficient (Wildman–Crippen LogP) is 5.15. The third-order valence-corrected chi connectivity index (χ3v) is 9.29. The number of rotatable bonds is 6. The Balaban J connectivity index is 1.25. The number of hydrogen-bond donors (Lipinski definition) is 2. The third-order valence-electron chi connectivity index (χ3n) is 9.29. The van der Waals surface area contributed by atoms with Crippen LogP contribution in [0.4, 0.5) is 8.78 Å². The summed E-state index contributed by atoms with van der Waals surface area (Å²) in [5.74, 6) is -1.53. The van der Waals surface area contributed by atoms with E-state index in [0.717, 1.165) is 25.3 Å². The van der Waals surface area contributed by atoms with Gasteiger partial charge in [-0.05, 0) is 66.2 Å². The highest BCUT2D eigenvalue weighted by atomic mass is 19.1. The summed E-state index contributed by atoms with van der Waals surface area (Å²) in [5, 5.41) is 13.8. The van der Waals surface area contributed by atoms with Gasteiger partial charge < -0.3 is 19.9 Å². The molecule has 7 atom stereocenters. The lowest BCUT2D eigenvalue weighted by molar-refractivity contribution is -0.308. The minimum absolute atomic E-state index is 0.0424. The van der Waals surface area contributed by atoms with Crippen LogP contribution in [0.1, 0.15) is 57.1 Å². The molecule has 3 aliphatic rings. The Morgan fingerprint density at radius 1 is 1.03 bits per heavy atom. The van der Waals surface area contributed by atoms with Crippen molar-refractivity contribution in [3.05, 3.63) is 71.3 Å². The Morgan fingerprint density at radius 2 is 1.76 bits per heavy atom. The summed E-state index contributed by atoms with van der Waals surface area (Å²) in [6.07, 6.45) is 3.32. The van der Waals surface area contributed by atoms with E-state index in [2.05, 4.69) is 31.3 Å². The van der Waals surface area contributed by atoms with Crippen molar-refractivity contribution in [3.63, 3.8) is 0 Å². The lowest BCUT2D eigenvalue weighted by Gasteiger charge is -2.63. The highest BCUT2D eigenvalue weighted by Crippen LogP contribution is 2.62. The van der Waals surface area contributed by atoms with Crippen LogP contribution in [-0.4, -0.2) is 36.1 Å². The fourth-order valence-electron chi connectivity index (χ4n) is 7.39. The van der Waals surface area contributed by atoms with Gasteiger partial charge in [0, 0.05) is 30.9 Å². The molecule has 0 radical (unpaired) electrons. The molecule has 0 spiro atoms. The van der Waals surface area contributed by atoms with Crippen molar-refractivity contribution < 1.29 is 28.2 Å². The Morgan fingerprint density at radius 3 is 2.49 bits per heavy atom. The summed E-state index contributed by atoms with van der Waals surface area (Å²) >= 11 is 0. The Hall–Kier alpha value is -2.35. The first-order chi connectivity index (χ1) is 17.7. The van der Waals surface area contributed by atoms with Crippen LogP contribution in [0.15, 0.2) is 48.5 Å². The number of hydrogen-bond acceptors (Lipinski definition) is 4. The van der Waals surface area contributed by atoms with E-state index in [0.29, 0.717) is 25.0 Å². The van der Waals surface area contributed by atoms with Crippen LogP contribution in [0.25, 0.3) is 0 Å². The quantitative estimate of drug-likeness (QED) is 0.561. The normalized spacial score (nSPS) is 35.3. The SMILES string of the molecule is CC12COC(Cc3ccccc3)OC1CCC1(C)C(CC(=O)NCc3cc(F)cc(F)c3)C(O)CCC21. The zero-order chi connectivity index (χ0) is 26.2. The molecule has 2 saturated carbocycles. The van der Waals surface area contributed by atoms with Crippen LogP contribution in [0.3, 0.4) is 0 Å². The summed E-state index contributed by atoms with van der Waals surface area (Å²) in [7, 11) is 0. The zero-order valence-electron chi connectivity index (χ0n) is 21.6. The van der Waals surface area contributed by atoms with E-state index in [1.807, 2.05) is 18.2 Å². The van der Waals surface area contributed by atoms with Gasteiger partial charge in [-0.2, -0.15) is 0 Å². The van der Waals surface area contributed by atoms with Crippen molar-refractivity contribution in [2.75, 3.05) is 6.61 Å². The second-order valence-electron chi connectivity index (χ2n) is 11.7. The fourth-order valence-corrected chi connectivity index (χ4v) is 7.39. The monoisotopic (exact) mass is 513 g/mol. The molecule has 1 aliphatic heterocycles. The molecule has 2 aliphatic carbocycles. The highest BCUT2D eigenvalue weighted by Gasteiger charge is 2.61. The molecule has 200 valence electrons. The molecule has 3 fully saturated rings. The number of amides is 1. The van der Waals surface area contributed by atoms with Gasteiger partial charge in [-0.25, -0.2) is 8.78 Å². The molecule has 5 rings (SSSR count). The molecular formula is C30H37F2NO4. The minimum atomic E-state index is -0.671. The van der Waals surface area contributed by atoms with Gasteiger partial charge in [0.2, 0.25) is 5.91 Å². The Bertz CT molecular complexity index is 1090. The number of aliphatic hydroxyl groups is 1. The van der Waals surface area contributed by atoms with Crippen LogP contribution in [-0.2, 0) is 27.2 Å². The van der Waals surface area contributed by atoms with Crippen molar-refractivity contribution >= 4 is 5.91 Å². The average Bonchev–Trinajstić information content (AvgIpc) is 2.85. The lowest BCUT2D eigenvalue weighted by Crippen LogP contribution is -2.63. The van der Waals surface area contributed by atoms with Crippen LogP contribution in [0.2, 0.25) is 0 Å². The molecule has 2 aromatic rings. The van der Waals surface area contributed by atoms with E-state index in [-0.39, 0.29) is 53.9 Å². The maximum Gasteiger partial charge on any atom is 0.220 e. The van der Waals surface area contributed by atoms with E-state index in [1.54, 1.807) is 0 Å². The van der Waals surface area contributed by atoms with E-state index >= 15 is 0 Å². The fraction of sp³-hybridized carbons (Fsp3) is 0.567. The molecule has 0 aromatic heterocycles. The largest absolute Gasteiger partial charge is 0.393 e. The summed E-state index contributed by atoms with van der Waals surface area (Å²) in [4.78, 5) is 12.9. The molecule has 7 unspecified atom stereocenters. The maximum atomic E-state index is 13.5. The second-order valence-corrected chi connectivity index (χ2v) is 11.7. The molecule has 1 heterocycles. The lowest BCUT2D eigenvalue weighted by atomic mass is 9.46. The molecule has 1 saturated heterocycles. The number of ether oxygens (including phenoxy) is 2. The van der Waals surface area contributed by atoms with Crippen LogP contribution < -0.4 is 5.32 Å². The first-order valence-corrected chi connectivity index (χ1v) is 13.4. The van der Waals surface area contributed by atoms with Gasteiger partial charge in [0.05, 0.1) is 18.8 Å². The number of halogens is 2. The molecule has 1 amide bonds. The van der Waals surface area contributed by atoms with Crippen molar-refractivity contribution in [3.8, 4) is 0 Å². The number of aliphatic hydroxyl groups excluding tert-OH is 1. The molecule has 7 heteroatoms. The van der Waals surface area contributed by atoms with Crippen LogP contribution in [0.5, 0.6) is 0 Å². The molecule has 37 heavy (non-hydrogen) atoms. The van der Waals surface area contributed by atoms with Gasteiger partial charge in [0.15, 0.2) is 6.29 Å². The van der Waals surface area contributed by atoms with Gasteiger partial charge >= 0.3 is 0 Å². The van der Waals surface area contributed by atoms with E-state index < -0.39 is 17.7 Å². The zero-order valence-corrected chi connectivity index (χ0v) is 21.6. The van der Waals surface area contributed by atoms with Crippen molar-refractivity contribution in [1.82, 2.24) is 5.32 Å². The van der Waals surface area contributed by atoms with Gasteiger partial charge in [0.1, 0.15) is 11.6 Å². The summed E-state index contributed by atoms with van der Waals surface area (Å²) in [6.45, 7) is 5.08. The van der Waals surface area contributed by atoms with Crippen molar-refractivity contribution in [2.45, 2.75) is 77.4 Å². The van der Waals surface area contributed by atoms with Crippen molar-refractivity contribution in [2.24, 2.45) is 22.7 Å². The molecule has 2 N–H and O–H groups in total. The standard InChI is InChI=1S/C30H37F2NO4/c1-29-11-10-26-30(2,18-36-28(37-26)14-19-6-4-3-5-7-19)25(29)9-8-24(34)23(29)16-27(35)33-17-20-12-21(31)15-22(32)13-20/h3-7,12-13,15,23-26,28,34H,8-11,14,16-18H2,1-2H3,(H,33,35). The van der Waals surface area contributed by atoms with Gasteiger partial charge in [-0.1, -0.05) is 44.2 Å². The average molecular weight is 514 g/mol. The molecule has 0 bridgehead atoms. The first-order valence-electron chi connectivity index (χ1n) is 13.4. The number of carbonyl (C=O) groups excluding carboxylic acids is 1. The second kappa shape index (κ2) is 10.4. The number of benzene rings is 2. The van der Waals surface area contributed by atoms with E-state index in [1.165, 1.54) is 17.7 Å². The number of fused-ring (bicyclic) bond motifs is 3. The number of carbonyl (C=O) groups is 1. The topological polar surface area (TPSA) is 67.8 Å². The Kier molecular flexibility index (Phi) is 7.40. The molecule has 2 aromatic carbocycles. The highest BCUT2D eigenvalue weighted by molar-refractivity contribution is 5.76. The van der Waals surface area contributed by atoms with E-state index in [9.17, 15) is 18.7 Å². The maximum absolute atomic E-state index is 13.5. The van der Waals surface area contributed by atoms with Gasteiger partial charge in [0.25, 0.3) is 0 Å². The number of nitrogens with one attached hydrogen (secondary N) is 1. The Labute approximate surface area is 217 Å².